The van der Waals surface area contributed by atoms with Crippen LogP contribution in [0.3, 0.4) is 0 Å². The van der Waals surface area contributed by atoms with Crippen LogP contribution in [0, 0.1) is 11.8 Å². The highest BCUT2D eigenvalue weighted by Crippen LogP contribution is 2.38. The van der Waals surface area contributed by atoms with Crippen LogP contribution in [0.25, 0.3) is 11.4 Å². The molecule has 3 aromatic heterocycles. The first-order valence-corrected chi connectivity index (χ1v) is 14.5. The van der Waals surface area contributed by atoms with Gasteiger partial charge in [-0.15, -0.1) is 0 Å². The van der Waals surface area contributed by atoms with Crippen molar-refractivity contribution >= 4 is 27.6 Å². The van der Waals surface area contributed by atoms with Gasteiger partial charge in [-0.2, -0.15) is 8.42 Å². The highest BCUT2D eigenvalue weighted by atomic mass is 32.2. The number of nitrogens with one attached hydrogen (secondary N) is 1. The number of carbonyl (C=O) groups excluding carboxylic acids is 1. The van der Waals surface area contributed by atoms with E-state index in [1.807, 2.05) is 12.1 Å². The molecule has 39 heavy (non-hydrogen) atoms. The number of hydrogen-bond donors (Lipinski definition) is 2. The van der Waals surface area contributed by atoms with Gasteiger partial charge in [0.15, 0.2) is 5.03 Å². The first-order valence-electron chi connectivity index (χ1n) is 13.0. The molecule has 1 saturated heterocycles. The summed E-state index contributed by atoms with van der Waals surface area (Å²) in [6.45, 7) is 11.8. The van der Waals surface area contributed by atoms with Crippen LogP contribution in [0.4, 0.5) is 11.6 Å². The third-order valence-corrected chi connectivity index (χ3v) is 7.86. The van der Waals surface area contributed by atoms with E-state index in [4.69, 9.17) is 15.5 Å². The van der Waals surface area contributed by atoms with E-state index >= 15 is 0 Å². The molecule has 4 heterocycles. The number of nitrogen functional groups attached to an aromatic ring is 1. The molecule has 3 N–H and O–H groups in total. The monoisotopic (exact) mass is 552 g/mol. The van der Waals surface area contributed by atoms with Crippen molar-refractivity contribution < 1.29 is 17.9 Å². The lowest BCUT2D eigenvalue weighted by molar-refractivity contribution is 0.0981. The quantitative estimate of drug-likeness (QED) is 0.398. The first kappa shape index (κ1) is 28.3. The van der Waals surface area contributed by atoms with Gasteiger partial charge in [0, 0.05) is 18.2 Å². The van der Waals surface area contributed by atoms with Gasteiger partial charge >= 0.3 is 0 Å². The molecule has 1 amide bonds. The molecule has 3 aromatic rings. The summed E-state index contributed by atoms with van der Waals surface area (Å²) < 4.78 is 33.8. The molecule has 11 heteroatoms. The largest absolute Gasteiger partial charge is 0.478 e. The van der Waals surface area contributed by atoms with Gasteiger partial charge in [0.2, 0.25) is 5.88 Å². The van der Waals surface area contributed by atoms with E-state index in [1.165, 1.54) is 18.2 Å². The highest BCUT2D eigenvalue weighted by Gasteiger charge is 2.39. The number of amides is 1. The van der Waals surface area contributed by atoms with E-state index < -0.39 is 15.9 Å². The van der Waals surface area contributed by atoms with Gasteiger partial charge in [-0.25, -0.2) is 19.7 Å². The Morgan fingerprint density at radius 3 is 2.49 bits per heavy atom. The molecule has 1 aliphatic rings. The summed E-state index contributed by atoms with van der Waals surface area (Å²) in [5, 5.41) is -0.337. The molecule has 1 aliphatic heterocycles. The van der Waals surface area contributed by atoms with Gasteiger partial charge in [-0.3, -0.25) is 4.79 Å². The van der Waals surface area contributed by atoms with Crippen molar-refractivity contribution in [3.05, 3.63) is 54.1 Å². The Hall–Kier alpha value is -3.73. The van der Waals surface area contributed by atoms with Crippen LogP contribution in [0.2, 0.25) is 0 Å². The Morgan fingerprint density at radius 1 is 1.10 bits per heavy atom. The van der Waals surface area contributed by atoms with Gasteiger partial charge in [-0.05, 0) is 68.9 Å². The summed E-state index contributed by atoms with van der Waals surface area (Å²) in [5.74, 6) is 0.992. The molecule has 1 fully saturated rings. The number of hydrogen-bond acceptors (Lipinski definition) is 9. The number of aromatic nitrogens is 3. The lowest BCUT2D eigenvalue weighted by Gasteiger charge is -2.34. The second kappa shape index (κ2) is 11.2. The van der Waals surface area contributed by atoms with Crippen molar-refractivity contribution in [3.8, 4) is 17.3 Å². The van der Waals surface area contributed by atoms with Crippen molar-refractivity contribution in [1.82, 2.24) is 19.7 Å². The molecular formula is C28H36N6O4S. The molecule has 10 nitrogen and oxygen atoms in total. The Kier molecular flexibility index (Phi) is 8.10. The maximum Gasteiger partial charge on any atom is 0.281 e. The minimum absolute atomic E-state index is 0.0350. The number of anilines is 2. The number of carbonyl (C=O) groups is 1. The zero-order chi connectivity index (χ0) is 28.4. The molecule has 1 unspecified atom stereocenters. The Balaban J connectivity index is 1.71. The Labute approximate surface area is 230 Å². The van der Waals surface area contributed by atoms with Crippen LogP contribution < -0.4 is 20.1 Å². The zero-order valence-electron chi connectivity index (χ0n) is 23.0. The van der Waals surface area contributed by atoms with E-state index in [2.05, 4.69) is 54.2 Å². The van der Waals surface area contributed by atoms with E-state index in [9.17, 15) is 13.2 Å². The molecule has 0 spiro atoms. The lowest BCUT2D eigenvalue weighted by atomic mass is 9.97. The first-order chi connectivity index (χ1) is 18.4. The predicted octanol–water partition coefficient (Wildman–Crippen LogP) is 4.29. The summed E-state index contributed by atoms with van der Waals surface area (Å²) >= 11 is 0. The van der Waals surface area contributed by atoms with Gasteiger partial charge in [-0.1, -0.05) is 32.9 Å². The maximum atomic E-state index is 13.4. The second-order valence-corrected chi connectivity index (χ2v) is 12.7. The number of ether oxygens (including phenoxy) is 1. The summed E-state index contributed by atoms with van der Waals surface area (Å²) in [6, 6.07) is 12.9. The van der Waals surface area contributed by atoms with Gasteiger partial charge in [0.25, 0.3) is 15.9 Å². The molecule has 4 rings (SSSR count). The number of nitrogens with zero attached hydrogens (tertiary/aromatic N) is 4. The lowest BCUT2D eigenvalue weighted by Crippen LogP contribution is -2.41. The standard InChI is InChI=1S/C28H36N6O4S/c1-18(2)14-15-38-24-10-6-8-21(30-24)22-13-12-20(26(31-22)34-17-19(3)16-28(34,4)5)27(35)33-39(36,37)25-11-7-9-23(29)32-25/h6-13,18-19H,14-17H2,1-5H3,(H2,29,32)(H,33,35). The summed E-state index contributed by atoms with van der Waals surface area (Å²) in [4.78, 5) is 28.8. The fraction of sp³-hybridized carbons (Fsp3) is 0.429. The molecule has 0 bridgehead atoms. The fourth-order valence-electron chi connectivity index (χ4n) is 4.78. The van der Waals surface area contributed by atoms with Gasteiger partial charge < -0.3 is 15.4 Å². The smallest absolute Gasteiger partial charge is 0.281 e. The molecule has 0 saturated carbocycles. The van der Waals surface area contributed by atoms with Crippen molar-refractivity contribution in [3.63, 3.8) is 0 Å². The topological polar surface area (TPSA) is 140 Å². The molecular weight excluding hydrogens is 516 g/mol. The van der Waals surface area contributed by atoms with Crippen molar-refractivity contribution in [2.75, 3.05) is 23.8 Å². The SMILES string of the molecule is CC(C)CCOc1cccc(-c2ccc(C(=O)NS(=O)(=O)c3cccc(N)n3)c(N3CC(C)CC3(C)C)n2)n1. The van der Waals surface area contributed by atoms with Crippen LogP contribution >= 0.6 is 0 Å². The Morgan fingerprint density at radius 2 is 1.82 bits per heavy atom. The average molecular weight is 553 g/mol. The second-order valence-electron chi connectivity index (χ2n) is 11.0. The van der Waals surface area contributed by atoms with Crippen LogP contribution in [0.1, 0.15) is 57.8 Å². The number of nitrogens with two attached hydrogens (primary N) is 1. The average Bonchev–Trinajstić information content (AvgIpc) is 3.15. The van der Waals surface area contributed by atoms with E-state index in [0.717, 1.165) is 12.8 Å². The molecule has 0 radical (unpaired) electrons. The van der Waals surface area contributed by atoms with E-state index in [-0.39, 0.29) is 21.9 Å². The van der Waals surface area contributed by atoms with Crippen molar-refractivity contribution in [2.24, 2.45) is 11.8 Å². The van der Waals surface area contributed by atoms with Gasteiger partial charge in [0.1, 0.15) is 11.6 Å². The minimum Gasteiger partial charge on any atom is -0.478 e. The van der Waals surface area contributed by atoms with Crippen LogP contribution in [-0.4, -0.2) is 48.0 Å². The number of pyridine rings is 3. The maximum absolute atomic E-state index is 13.4. The summed E-state index contributed by atoms with van der Waals surface area (Å²) in [5.41, 5.74) is 6.62. The molecule has 0 aliphatic carbocycles. The third-order valence-electron chi connectivity index (χ3n) is 6.63. The zero-order valence-corrected chi connectivity index (χ0v) is 23.8. The Bertz CT molecular complexity index is 1460. The summed E-state index contributed by atoms with van der Waals surface area (Å²) in [6.07, 6.45) is 1.80. The fourth-order valence-corrected chi connectivity index (χ4v) is 5.72. The molecule has 1 atom stereocenters. The predicted molar refractivity (Wildman–Crippen MR) is 151 cm³/mol. The van der Waals surface area contributed by atoms with E-state index in [1.54, 1.807) is 18.2 Å². The minimum atomic E-state index is -4.26. The number of sulfonamides is 1. The van der Waals surface area contributed by atoms with Crippen molar-refractivity contribution in [2.45, 2.75) is 58.0 Å². The molecule has 0 aromatic carbocycles. The van der Waals surface area contributed by atoms with Crippen molar-refractivity contribution in [1.29, 1.82) is 0 Å². The normalized spacial score (nSPS) is 16.9. The van der Waals surface area contributed by atoms with Crippen LogP contribution in [0.5, 0.6) is 5.88 Å². The summed E-state index contributed by atoms with van der Waals surface area (Å²) in [7, 11) is -4.26. The molecule has 208 valence electrons. The van der Waals surface area contributed by atoms with Crippen LogP contribution in [0.15, 0.2) is 53.6 Å². The van der Waals surface area contributed by atoms with E-state index in [0.29, 0.717) is 48.1 Å². The highest BCUT2D eigenvalue weighted by molar-refractivity contribution is 7.90. The third kappa shape index (κ3) is 6.65. The van der Waals surface area contributed by atoms with Gasteiger partial charge in [0.05, 0.1) is 23.6 Å². The number of rotatable bonds is 9. The van der Waals surface area contributed by atoms with Crippen LogP contribution in [-0.2, 0) is 10.0 Å².